The molecule has 0 spiro atoms. The maximum atomic E-state index is 12.8. The molecule has 0 bridgehead atoms. The van der Waals surface area contributed by atoms with Crippen molar-refractivity contribution in [1.29, 1.82) is 5.26 Å². The fourth-order valence-corrected chi connectivity index (χ4v) is 1.36. The van der Waals surface area contributed by atoms with Gasteiger partial charge in [-0.15, -0.1) is 0 Å². The van der Waals surface area contributed by atoms with Crippen LogP contribution in [-0.4, -0.2) is 18.0 Å². The van der Waals surface area contributed by atoms with Crippen molar-refractivity contribution >= 4 is 11.7 Å². The Kier molecular flexibility index (Phi) is 3.89. The lowest BCUT2D eigenvalue weighted by Gasteiger charge is -2.08. The van der Waals surface area contributed by atoms with Gasteiger partial charge in [0.15, 0.2) is 0 Å². The van der Waals surface area contributed by atoms with Crippen LogP contribution < -0.4 is 0 Å². The molecule has 94 valence electrons. The Morgan fingerprint density at radius 2 is 2.17 bits per heavy atom. The Morgan fingerprint density at radius 1 is 1.56 bits per heavy atom. The number of carbonyl (C=O) groups is 1. The van der Waals surface area contributed by atoms with Crippen molar-refractivity contribution in [2.75, 3.05) is 7.11 Å². The first kappa shape index (κ1) is 13.5. The molecule has 0 atom stereocenters. The van der Waals surface area contributed by atoms with Gasteiger partial charge in [0.25, 0.3) is 12.1 Å². The van der Waals surface area contributed by atoms with E-state index < -0.39 is 34.1 Å². The summed E-state index contributed by atoms with van der Waals surface area (Å²) < 4.78 is 29.8. The van der Waals surface area contributed by atoms with E-state index in [0.717, 1.165) is 13.2 Å². The number of ether oxygens (including phenoxy) is 1. The molecule has 6 nitrogen and oxygen atoms in total. The second kappa shape index (κ2) is 5.18. The predicted octanol–water partition coefficient (Wildman–Crippen LogP) is 2.19. The Labute approximate surface area is 99.5 Å². The van der Waals surface area contributed by atoms with E-state index in [4.69, 9.17) is 5.26 Å². The van der Waals surface area contributed by atoms with Gasteiger partial charge in [-0.1, -0.05) is 0 Å². The molecule has 0 aliphatic heterocycles. The fourth-order valence-electron chi connectivity index (χ4n) is 1.36. The zero-order valence-electron chi connectivity index (χ0n) is 9.02. The third-order valence-electron chi connectivity index (χ3n) is 2.11. The number of nitro groups is 1. The summed E-state index contributed by atoms with van der Waals surface area (Å²) in [5.41, 5.74) is -2.99. The van der Waals surface area contributed by atoms with Gasteiger partial charge >= 0.3 is 5.97 Å². The number of esters is 1. The molecule has 18 heavy (non-hydrogen) atoms. The minimum Gasteiger partial charge on any atom is -0.465 e. The van der Waals surface area contributed by atoms with Gasteiger partial charge in [0.2, 0.25) is 0 Å². The second-order valence-electron chi connectivity index (χ2n) is 3.12. The molecule has 0 N–H and O–H groups in total. The number of carbonyl (C=O) groups excluding carboxylic acids is 1. The number of halogens is 2. The van der Waals surface area contributed by atoms with Crippen molar-refractivity contribution < 1.29 is 23.2 Å². The van der Waals surface area contributed by atoms with Crippen molar-refractivity contribution in [2.24, 2.45) is 0 Å². The van der Waals surface area contributed by atoms with Crippen molar-refractivity contribution in [3.8, 4) is 6.07 Å². The van der Waals surface area contributed by atoms with E-state index in [1.54, 1.807) is 6.07 Å². The van der Waals surface area contributed by atoms with Crippen molar-refractivity contribution in [1.82, 2.24) is 0 Å². The number of rotatable bonds is 3. The maximum absolute atomic E-state index is 12.8. The number of nitrogens with zero attached hydrogens (tertiary/aromatic N) is 2. The lowest BCUT2D eigenvalue weighted by atomic mass is 10.0. The highest BCUT2D eigenvalue weighted by molar-refractivity contribution is 5.93. The van der Waals surface area contributed by atoms with Gasteiger partial charge in [-0.2, -0.15) is 5.26 Å². The van der Waals surface area contributed by atoms with Crippen LogP contribution in [0.1, 0.15) is 27.9 Å². The van der Waals surface area contributed by atoms with Crippen LogP contribution in [0, 0.1) is 21.4 Å². The number of nitro benzene ring substituents is 1. The molecule has 0 saturated carbocycles. The van der Waals surface area contributed by atoms with Crippen molar-refractivity contribution in [3.05, 3.63) is 38.9 Å². The van der Waals surface area contributed by atoms with E-state index in [2.05, 4.69) is 4.74 Å². The average molecular weight is 256 g/mol. The monoisotopic (exact) mass is 256 g/mol. The fraction of sp³-hybridized carbons (Fsp3) is 0.200. The second-order valence-corrected chi connectivity index (χ2v) is 3.12. The quantitative estimate of drug-likeness (QED) is 0.469. The molecule has 0 heterocycles. The topological polar surface area (TPSA) is 93.2 Å². The molecular formula is C10H6F2N2O4. The van der Waals surface area contributed by atoms with Gasteiger partial charge in [0.1, 0.15) is 5.56 Å². The molecule has 0 amide bonds. The summed E-state index contributed by atoms with van der Waals surface area (Å²) in [5, 5.41) is 19.3. The van der Waals surface area contributed by atoms with Crippen molar-refractivity contribution in [3.63, 3.8) is 0 Å². The average Bonchev–Trinajstić information content (AvgIpc) is 2.35. The molecule has 0 fully saturated rings. The summed E-state index contributed by atoms with van der Waals surface area (Å²) in [6.45, 7) is 0. The highest BCUT2D eigenvalue weighted by Gasteiger charge is 2.30. The number of methoxy groups -OCH3 is 1. The SMILES string of the molecule is COC(=O)c1cc(C#N)cc([N+](=O)[O-])c1C(F)F. The summed E-state index contributed by atoms with van der Waals surface area (Å²) in [6.07, 6.45) is -3.23. The first-order chi connectivity index (χ1) is 8.42. The number of hydrogen-bond donors (Lipinski definition) is 0. The van der Waals surface area contributed by atoms with E-state index in [0.29, 0.717) is 6.07 Å². The highest BCUT2D eigenvalue weighted by Crippen LogP contribution is 2.33. The number of nitriles is 1. The Morgan fingerprint density at radius 3 is 2.56 bits per heavy atom. The normalized spacial score (nSPS) is 9.94. The number of alkyl halides is 2. The van der Waals surface area contributed by atoms with E-state index in [1.165, 1.54) is 0 Å². The van der Waals surface area contributed by atoms with Gasteiger partial charge in [0, 0.05) is 6.07 Å². The largest absolute Gasteiger partial charge is 0.465 e. The van der Waals surface area contributed by atoms with Crippen LogP contribution in [0.2, 0.25) is 0 Å². The molecule has 1 rings (SSSR count). The van der Waals surface area contributed by atoms with E-state index >= 15 is 0 Å². The maximum Gasteiger partial charge on any atom is 0.338 e. The molecule has 0 aliphatic rings. The lowest BCUT2D eigenvalue weighted by Crippen LogP contribution is -2.09. The predicted molar refractivity (Wildman–Crippen MR) is 54.1 cm³/mol. The van der Waals surface area contributed by atoms with E-state index in [9.17, 15) is 23.7 Å². The molecule has 0 aliphatic carbocycles. The van der Waals surface area contributed by atoms with Gasteiger partial charge < -0.3 is 4.74 Å². The Balaban J connectivity index is 3.66. The van der Waals surface area contributed by atoms with Crippen LogP contribution in [0.5, 0.6) is 0 Å². The van der Waals surface area contributed by atoms with Crippen LogP contribution in [0.3, 0.4) is 0 Å². The summed E-state index contributed by atoms with van der Waals surface area (Å²) in [7, 11) is 0.947. The van der Waals surface area contributed by atoms with Gasteiger partial charge in [0.05, 0.1) is 29.2 Å². The third-order valence-corrected chi connectivity index (χ3v) is 2.11. The summed E-state index contributed by atoms with van der Waals surface area (Å²) in [6, 6.07) is 3.07. The zero-order chi connectivity index (χ0) is 13.9. The van der Waals surface area contributed by atoms with Crippen LogP contribution >= 0.6 is 0 Å². The minimum atomic E-state index is -3.23. The van der Waals surface area contributed by atoms with E-state index in [-0.39, 0.29) is 5.56 Å². The standard InChI is InChI=1S/C10H6F2N2O4/c1-18-10(15)6-2-5(4-13)3-7(14(16)17)8(6)9(11)12/h2-3,9H,1H3. The number of hydrogen-bond acceptors (Lipinski definition) is 5. The Hall–Kier alpha value is -2.56. The first-order valence-electron chi connectivity index (χ1n) is 4.51. The molecule has 0 saturated heterocycles. The highest BCUT2D eigenvalue weighted by atomic mass is 19.3. The molecule has 0 radical (unpaired) electrons. The summed E-state index contributed by atoms with van der Waals surface area (Å²) >= 11 is 0. The summed E-state index contributed by atoms with van der Waals surface area (Å²) in [4.78, 5) is 20.9. The van der Waals surface area contributed by atoms with Crippen molar-refractivity contribution in [2.45, 2.75) is 6.43 Å². The smallest absolute Gasteiger partial charge is 0.338 e. The minimum absolute atomic E-state index is 0.272. The molecule has 1 aromatic carbocycles. The Bertz CT molecular complexity index is 552. The number of benzene rings is 1. The molecular weight excluding hydrogens is 250 g/mol. The lowest BCUT2D eigenvalue weighted by molar-refractivity contribution is -0.386. The summed E-state index contributed by atoms with van der Waals surface area (Å²) in [5.74, 6) is -1.16. The van der Waals surface area contributed by atoms with Gasteiger partial charge in [-0.05, 0) is 6.07 Å². The van der Waals surface area contributed by atoms with Gasteiger partial charge in [-0.3, -0.25) is 10.1 Å². The molecule has 1 aromatic rings. The third kappa shape index (κ3) is 2.40. The van der Waals surface area contributed by atoms with Crippen LogP contribution in [-0.2, 0) is 4.74 Å². The molecule has 0 unspecified atom stereocenters. The van der Waals surface area contributed by atoms with Crippen LogP contribution in [0.15, 0.2) is 12.1 Å². The van der Waals surface area contributed by atoms with Gasteiger partial charge in [-0.25, -0.2) is 13.6 Å². The first-order valence-corrected chi connectivity index (χ1v) is 4.51. The van der Waals surface area contributed by atoms with Crippen LogP contribution in [0.25, 0.3) is 0 Å². The molecule has 0 aromatic heterocycles. The molecule has 8 heteroatoms. The zero-order valence-corrected chi connectivity index (χ0v) is 9.02. The van der Waals surface area contributed by atoms with E-state index in [1.807, 2.05) is 0 Å². The van der Waals surface area contributed by atoms with Crippen LogP contribution in [0.4, 0.5) is 14.5 Å².